The molecule has 164 valence electrons. The van der Waals surface area contributed by atoms with Gasteiger partial charge in [-0.1, -0.05) is 54.2 Å². The zero-order valence-corrected chi connectivity index (χ0v) is 17.4. The Bertz CT molecular complexity index is 1190. The highest BCUT2D eigenvalue weighted by molar-refractivity contribution is 7.99. The van der Waals surface area contributed by atoms with Crippen LogP contribution in [0.15, 0.2) is 82.6 Å². The van der Waals surface area contributed by atoms with Crippen LogP contribution in [0.4, 0.5) is 18.9 Å². The van der Waals surface area contributed by atoms with Gasteiger partial charge in [0.2, 0.25) is 11.7 Å². The first-order valence-corrected chi connectivity index (χ1v) is 10.5. The molecule has 1 N–H and O–H groups in total. The summed E-state index contributed by atoms with van der Waals surface area (Å²) in [7, 11) is 0. The number of hydrogen-bond acceptors (Lipinski definition) is 5. The van der Waals surface area contributed by atoms with E-state index in [4.69, 9.17) is 4.42 Å². The summed E-state index contributed by atoms with van der Waals surface area (Å²) >= 11 is 1.08. The molecule has 0 bridgehead atoms. The Hall–Kier alpha value is -3.53. The van der Waals surface area contributed by atoms with Gasteiger partial charge in [0.1, 0.15) is 0 Å². The second-order valence-electron chi connectivity index (χ2n) is 6.74. The molecule has 0 atom stereocenters. The molecule has 2 aromatic heterocycles. The second-order valence-corrected chi connectivity index (χ2v) is 7.68. The molecule has 2 heterocycles. The standard InChI is InChI=1S/C22H17F3N4O2S/c23-22(24,25)16-9-4-5-10-17(16)26-19(30)14-32-21-28-27-20(18-11-6-12-31-18)29(21)13-15-7-2-1-3-8-15/h1-12H,13-14H2,(H,26,30). The first-order valence-electron chi connectivity index (χ1n) is 9.51. The van der Waals surface area contributed by atoms with Crippen LogP contribution < -0.4 is 5.32 Å². The number of anilines is 1. The number of amides is 1. The molecule has 10 heteroatoms. The van der Waals surface area contributed by atoms with Crippen molar-refractivity contribution in [1.29, 1.82) is 0 Å². The predicted molar refractivity (Wildman–Crippen MR) is 114 cm³/mol. The van der Waals surface area contributed by atoms with E-state index in [1.807, 2.05) is 30.3 Å². The van der Waals surface area contributed by atoms with Crippen LogP contribution in [-0.4, -0.2) is 26.4 Å². The normalized spacial score (nSPS) is 11.5. The van der Waals surface area contributed by atoms with Crippen molar-refractivity contribution in [1.82, 2.24) is 14.8 Å². The van der Waals surface area contributed by atoms with Crippen LogP contribution in [0.3, 0.4) is 0 Å². The van der Waals surface area contributed by atoms with Gasteiger partial charge in [-0.25, -0.2) is 0 Å². The number of alkyl halides is 3. The SMILES string of the molecule is O=C(CSc1nnc(-c2ccco2)n1Cc1ccccc1)Nc1ccccc1C(F)(F)F. The number of aromatic nitrogens is 3. The number of rotatable bonds is 7. The molecular formula is C22H17F3N4O2S. The highest BCUT2D eigenvalue weighted by atomic mass is 32.2. The number of thioether (sulfide) groups is 1. The van der Waals surface area contributed by atoms with E-state index in [0.717, 1.165) is 23.4 Å². The lowest BCUT2D eigenvalue weighted by Gasteiger charge is -2.13. The van der Waals surface area contributed by atoms with Crippen LogP contribution in [-0.2, 0) is 17.5 Å². The Balaban J connectivity index is 1.52. The number of hydrogen-bond donors (Lipinski definition) is 1. The Morgan fingerprint density at radius 1 is 1.00 bits per heavy atom. The molecular weight excluding hydrogens is 441 g/mol. The van der Waals surface area contributed by atoms with Crippen molar-refractivity contribution in [2.45, 2.75) is 17.9 Å². The second kappa shape index (κ2) is 9.31. The van der Waals surface area contributed by atoms with Gasteiger partial charge in [0.15, 0.2) is 10.9 Å². The number of nitrogens with one attached hydrogen (secondary N) is 1. The smallest absolute Gasteiger partial charge is 0.418 e. The maximum atomic E-state index is 13.2. The van der Waals surface area contributed by atoms with Crippen LogP contribution in [0.5, 0.6) is 0 Å². The lowest BCUT2D eigenvalue weighted by atomic mass is 10.1. The van der Waals surface area contributed by atoms with Crippen molar-refractivity contribution in [3.8, 4) is 11.6 Å². The third kappa shape index (κ3) is 5.02. The van der Waals surface area contributed by atoms with E-state index in [-0.39, 0.29) is 11.4 Å². The minimum atomic E-state index is -4.56. The molecule has 0 aliphatic heterocycles. The van der Waals surface area contributed by atoms with E-state index in [1.54, 1.807) is 16.7 Å². The molecule has 0 saturated carbocycles. The van der Waals surface area contributed by atoms with Gasteiger partial charge in [-0.05, 0) is 29.8 Å². The van der Waals surface area contributed by atoms with E-state index >= 15 is 0 Å². The van der Waals surface area contributed by atoms with Gasteiger partial charge in [-0.3, -0.25) is 9.36 Å². The number of para-hydroxylation sites is 1. The van der Waals surface area contributed by atoms with Crippen LogP contribution in [0, 0.1) is 0 Å². The van der Waals surface area contributed by atoms with E-state index in [1.165, 1.54) is 24.5 Å². The molecule has 6 nitrogen and oxygen atoms in total. The molecule has 1 amide bonds. The molecule has 0 unspecified atom stereocenters. The van der Waals surface area contributed by atoms with Gasteiger partial charge in [-0.2, -0.15) is 13.2 Å². The van der Waals surface area contributed by atoms with Crippen molar-refractivity contribution in [3.05, 3.63) is 84.1 Å². The molecule has 32 heavy (non-hydrogen) atoms. The van der Waals surface area contributed by atoms with Crippen molar-refractivity contribution in [2.75, 3.05) is 11.1 Å². The number of carbonyl (C=O) groups excluding carboxylic acids is 1. The Kier molecular flexibility index (Phi) is 6.31. The summed E-state index contributed by atoms with van der Waals surface area (Å²) in [6.07, 6.45) is -3.04. The zero-order chi connectivity index (χ0) is 22.6. The lowest BCUT2D eigenvalue weighted by Crippen LogP contribution is -2.18. The largest absolute Gasteiger partial charge is 0.461 e. The van der Waals surface area contributed by atoms with Gasteiger partial charge in [0, 0.05) is 0 Å². The minimum Gasteiger partial charge on any atom is -0.461 e. The van der Waals surface area contributed by atoms with Crippen molar-refractivity contribution < 1.29 is 22.4 Å². The molecule has 4 aromatic rings. The number of benzene rings is 2. The van der Waals surface area contributed by atoms with Gasteiger partial charge in [0.05, 0.1) is 29.8 Å². The summed E-state index contributed by atoms with van der Waals surface area (Å²) in [5.41, 5.74) is -0.191. The number of halogens is 3. The van der Waals surface area contributed by atoms with Crippen molar-refractivity contribution in [3.63, 3.8) is 0 Å². The fourth-order valence-electron chi connectivity index (χ4n) is 3.05. The van der Waals surface area contributed by atoms with Gasteiger partial charge in [-0.15, -0.1) is 10.2 Å². The number of furan rings is 1. The van der Waals surface area contributed by atoms with Gasteiger partial charge >= 0.3 is 6.18 Å². The van der Waals surface area contributed by atoms with Crippen molar-refractivity contribution in [2.24, 2.45) is 0 Å². The quantitative estimate of drug-likeness (QED) is 0.379. The molecule has 0 aliphatic carbocycles. The highest BCUT2D eigenvalue weighted by Crippen LogP contribution is 2.34. The molecule has 2 aromatic carbocycles. The summed E-state index contributed by atoms with van der Waals surface area (Å²) in [4.78, 5) is 12.4. The summed E-state index contributed by atoms with van der Waals surface area (Å²) in [6.45, 7) is 0.435. The van der Waals surface area contributed by atoms with Crippen LogP contribution >= 0.6 is 11.8 Å². The summed E-state index contributed by atoms with van der Waals surface area (Å²) < 4.78 is 46.7. The van der Waals surface area contributed by atoms with E-state index in [2.05, 4.69) is 15.5 Å². The molecule has 4 rings (SSSR count). The van der Waals surface area contributed by atoms with Gasteiger partial charge in [0.25, 0.3) is 0 Å². The molecule has 0 spiro atoms. The summed E-state index contributed by atoms with van der Waals surface area (Å²) in [5, 5.41) is 11.1. The Labute approximate surface area is 185 Å². The maximum absolute atomic E-state index is 13.2. The molecule has 0 radical (unpaired) electrons. The first kappa shape index (κ1) is 21.7. The van der Waals surface area contributed by atoms with E-state index in [9.17, 15) is 18.0 Å². The van der Waals surface area contributed by atoms with Crippen LogP contribution in [0.1, 0.15) is 11.1 Å². The monoisotopic (exact) mass is 458 g/mol. The van der Waals surface area contributed by atoms with E-state index < -0.39 is 17.6 Å². The van der Waals surface area contributed by atoms with Crippen LogP contribution in [0.2, 0.25) is 0 Å². The molecule has 0 saturated heterocycles. The van der Waals surface area contributed by atoms with Crippen LogP contribution in [0.25, 0.3) is 11.6 Å². The minimum absolute atomic E-state index is 0.142. The Morgan fingerprint density at radius 2 is 1.75 bits per heavy atom. The molecule has 0 fully saturated rings. The fourth-order valence-corrected chi connectivity index (χ4v) is 3.79. The average Bonchev–Trinajstić information content (AvgIpc) is 3.43. The highest BCUT2D eigenvalue weighted by Gasteiger charge is 2.33. The van der Waals surface area contributed by atoms with E-state index in [0.29, 0.717) is 23.3 Å². The lowest BCUT2D eigenvalue weighted by molar-refractivity contribution is -0.137. The molecule has 0 aliphatic rings. The Morgan fingerprint density at radius 3 is 2.47 bits per heavy atom. The fraction of sp³-hybridized carbons (Fsp3) is 0.136. The number of carbonyl (C=O) groups is 1. The third-order valence-corrected chi connectivity index (χ3v) is 5.45. The first-order chi connectivity index (χ1) is 15.4. The average molecular weight is 458 g/mol. The number of nitrogens with zero attached hydrogens (tertiary/aromatic N) is 3. The topological polar surface area (TPSA) is 73.0 Å². The zero-order valence-electron chi connectivity index (χ0n) is 16.5. The summed E-state index contributed by atoms with van der Waals surface area (Å²) in [5.74, 6) is 0.283. The predicted octanol–water partition coefficient (Wildman–Crippen LogP) is 5.34. The van der Waals surface area contributed by atoms with Crippen molar-refractivity contribution >= 4 is 23.4 Å². The van der Waals surface area contributed by atoms with Gasteiger partial charge < -0.3 is 9.73 Å². The maximum Gasteiger partial charge on any atom is 0.418 e. The third-order valence-electron chi connectivity index (χ3n) is 4.48. The summed E-state index contributed by atoms with van der Waals surface area (Å²) in [6, 6.07) is 17.9.